The topological polar surface area (TPSA) is 30.5 Å². The molecule has 0 aliphatic carbocycles. The van der Waals surface area contributed by atoms with Crippen molar-refractivity contribution in [3.05, 3.63) is 29.8 Å². The maximum Gasteiger partial charge on any atom is 0.125 e. The number of ether oxygens (including phenoxy) is 2. The molecule has 2 unspecified atom stereocenters. The molecule has 0 aromatic heterocycles. The molecule has 0 saturated carbocycles. The molecule has 1 heterocycles. The van der Waals surface area contributed by atoms with Gasteiger partial charge in [-0.25, -0.2) is 0 Å². The van der Waals surface area contributed by atoms with Crippen molar-refractivity contribution in [1.29, 1.82) is 0 Å². The number of para-hydroxylation sites is 1. The van der Waals surface area contributed by atoms with E-state index in [0.717, 1.165) is 37.2 Å². The number of benzene rings is 1. The summed E-state index contributed by atoms with van der Waals surface area (Å²) in [6, 6.07) is 8.19. The van der Waals surface area contributed by atoms with Crippen molar-refractivity contribution in [1.82, 2.24) is 5.32 Å². The van der Waals surface area contributed by atoms with E-state index in [-0.39, 0.29) is 11.7 Å². The van der Waals surface area contributed by atoms with Crippen molar-refractivity contribution >= 4 is 0 Å². The van der Waals surface area contributed by atoms with Crippen LogP contribution in [-0.2, 0) is 4.74 Å². The molecule has 19 heavy (non-hydrogen) atoms. The Kier molecular flexibility index (Phi) is 4.83. The smallest absolute Gasteiger partial charge is 0.125 e. The molecule has 0 spiro atoms. The normalized spacial score (nSPS) is 27.2. The minimum Gasteiger partial charge on any atom is -0.493 e. The van der Waals surface area contributed by atoms with Gasteiger partial charge in [-0.15, -0.1) is 0 Å². The molecule has 2 atom stereocenters. The van der Waals surface area contributed by atoms with E-state index in [9.17, 15) is 0 Å². The van der Waals surface area contributed by atoms with Crippen molar-refractivity contribution in [3.63, 3.8) is 0 Å². The summed E-state index contributed by atoms with van der Waals surface area (Å²) in [6.07, 6.45) is 2.29. The van der Waals surface area contributed by atoms with E-state index in [1.807, 2.05) is 25.1 Å². The first-order valence-corrected chi connectivity index (χ1v) is 7.29. The Labute approximate surface area is 116 Å². The van der Waals surface area contributed by atoms with Crippen LogP contribution in [-0.4, -0.2) is 25.3 Å². The second kappa shape index (κ2) is 6.40. The van der Waals surface area contributed by atoms with Crippen molar-refractivity contribution in [2.75, 3.05) is 19.7 Å². The summed E-state index contributed by atoms with van der Waals surface area (Å²) in [5.74, 6) is 0.942. The number of hydrogen-bond donors (Lipinski definition) is 1. The van der Waals surface area contributed by atoms with Gasteiger partial charge in [0, 0.05) is 18.7 Å². The quantitative estimate of drug-likeness (QED) is 0.884. The minimum atomic E-state index is -0.0724. The van der Waals surface area contributed by atoms with Gasteiger partial charge in [0.05, 0.1) is 18.3 Å². The molecule has 1 fully saturated rings. The van der Waals surface area contributed by atoms with E-state index in [4.69, 9.17) is 9.47 Å². The fraction of sp³-hybridized carbons (Fsp3) is 0.625. The average Bonchev–Trinajstić information content (AvgIpc) is 2.40. The molecular weight excluding hydrogens is 238 g/mol. The van der Waals surface area contributed by atoms with Crippen LogP contribution in [0.1, 0.15) is 45.3 Å². The van der Waals surface area contributed by atoms with E-state index in [2.05, 4.69) is 25.2 Å². The van der Waals surface area contributed by atoms with Crippen molar-refractivity contribution < 1.29 is 9.47 Å². The van der Waals surface area contributed by atoms with Crippen LogP contribution in [0.5, 0.6) is 5.75 Å². The molecule has 1 aliphatic rings. The lowest BCUT2D eigenvalue weighted by Gasteiger charge is -2.39. The molecule has 0 bridgehead atoms. The average molecular weight is 263 g/mol. The molecule has 1 aromatic carbocycles. The van der Waals surface area contributed by atoms with Gasteiger partial charge in [0.25, 0.3) is 0 Å². The van der Waals surface area contributed by atoms with Gasteiger partial charge in [-0.1, -0.05) is 31.5 Å². The minimum absolute atomic E-state index is 0.0724. The van der Waals surface area contributed by atoms with Crippen LogP contribution in [0.4, 0.5) is 0 Å². The fourth-order valence-corrected chi connectivity index (χ4v) is 2.78. The Morgan fingerprint density at radius 1 is 1.37 bits per heavy atom. The maximum absolute atomic E-state index is 6.34. The highest BCUT2D eigenvalue weighted by molar-refractivity contribution is 5.35. The molecule has 1 saturated heterocycles. The monoisotopic (exact) mass is 263 g/mol. The predicted octanol–water partition coefficient (Wildman–Crippen LogP) is 3.31. The lowest BCUT2D eigenvalue weighted by Crippen LogP contribution is -2.48. The third kappa shape index (κ3) is 3.48. The van der Waals surface area contributed by atoms with Crippen LogP contribution in [0.3, 0.4) is 0 Å². The third-order valence-corrected chi connectivity index (χ3v) is 3.60. The van der Waals surface area contributed by atoms with Crippen LogP contribution in [0, 0.1) is 0 Å². The van der Waals surface area contributed by atoms with Gasteiger partial charge >= 0.3 is 0 Å². The number of hydrogen-bond acceptors (Lipinski definition) is 3. The fourth-order valence-electron chi connectivity index (χ4n) is 2.78. The standard InChI is InChI=1S/C16H25NO2/c1-4-10-16(3)12-17-11-15(19-16)13-8-6-7-9-14(13)18-5-2/h6-9,15,17H,4-5,10-12H2,1-3H3. The van der Waals surface area contributed by atoms with Crippen molar-refractivity contribution in [2.45, 2.75) is 45.3 Å². The molecule has 0 radical (unpaired) electrons. The Hall–Kier alpha value is -1.06. The number of rotatable bonds is 5. The molecular formula is C16H25NO2. The van der Waals surface area contributed by atoms with Crippen LogP contribution >= 0.6 is 0 Å². The zero-order valence-corrected chi connectivity index (χ0v) is 12.2. The van der Waals surface area contributed by atoms with Gasteiger partial charge in [-0.3, -0.25) is 0 Å². The molecule has 1 aliphatic heterocycles. The van der Waals surface area contributed by atoms with Crippen LogP contribution in [0.2, 0.25) is 0 Å². The highest BCUT2D eigenvalue weighted by Gasteiger charge is 2.33. The van der Waals surface area contributed by atoms with E-state index >= 15 is 0 Å². The summed E-state index contributed by atoms with van der Waals surface area (Å²) >= 11 is 0. The Bertz CT molecular complexity index is 403. The SMILES string of the molecule is CCCC1(C)CNCC(c2ccccc2OCC)O1. The summed E-state index contributed by atoms with van der Waals surface area (Å²) in [5, 5.41) is 3.50. The first-order valence-electron chi connectivity index (χ1n) is 7.29. The Morgan fingerprint density at radius 3 is 2.89 bits per heavy atom. The zero-order valence-electron chi connectivity index (χ0n) is 12.2. The van der Waals surface area contributed by atoms with E-state index in [0.29, 0.717) is 6.61 Å². The Balaban J connectivity index is 2.17. The largest absolute Gasteiger partial charge is 0.493 e. The lowest BCUT2D eigenvalue weighted by atomic mass is 9.96. The number of morpholine rings is 1. The highest BCUT2D eigenvalue weighted by atomic mass is 16.5. The maximum atomic E-state index is 6.34. The van der Waals surface area contributed by atoms with E-state index < -0.39 is 0 Å². The summed E-state index contributed by atoms with van der Waals surface area (Å²) < 4.78 is 12.1. The van der Waals surface area contributed by atoms with Crippen molar-refractivity contribution in [3.8, 4) is 5.75 Å². The first kappa shape index (κ1) is 14.4. The van der Waals surface area contributed by atoms with Gasteiger partial charge in [-0.05, 0) is 26.3 Å². The summed E-state index contributed by atoms with van der Waals surface area (Å²) in [4.78, 5) is 0. The van der Waals surface area contributed by atoms with Gasteiger partial charge in [0.2, 0.25) is 0 Å². The van der Waals surface area contributed by atoms with E-state index in [1.54, 1.807) is 0 Å². The molecule has 3 heteroatoms. The van der Waals surface area contributed by atoms with Crippen LogP contribution < -0.4 is 10.1 Å². The molecule has 106 valence electrons. The third-order valence-electron chi connectivity index (χ3n) is 3.60. The Morgan fingerprint density at radius 2 is 2.16 bits per heavy atom. The second-order valence-electron chi connectivity index (χ2n) is 5.41. The summed E-state index contributed by atoms with van der Waals surface area (Å²) in [7, 11) is 0. The molecule has 3 nitrogen and oxygen atoms in total. The van der Waals surface area contributed by atoms with Gasteiger partial charge in [0.1, 0.15) is 5.75 Å². The first-order chi connectivity index (χ1) is 9.18. The molecule has 1 aromatic rings. The number of nitrogens with one attached hydrogen (secondary N) is 1. The van der Waals surface area contributed by atoms with Crippen LogP contribution in [0.15, 0.2) is 24.3 Å². The summed E-state index contributed by atoms with van der Waals surface area (Å²) in [6.45, 7) is 8.87. The highest BCUT2D eigenvalue weighted by Crippen LogP contribution is 2.34. The van der Waals surface area contributed by atoms with Crippen molar-refractivity contribution in [2.24, 2.45) is 0 Å². The van der Waals surface area contributed by atoms with Gasteiger partial charge in [-0.2, -0.15) is 0 Å². The molecule has 0 amide bonds. The van der Waals surface area contributed by atoms with Crippen LogP contribution in [0.25, 0.3) is 0 Å². The predicted molar refractivity (Wildman–Crippen MR) is 77.6 cm³/mol. The van der Waals surface area contributed by atoms with Gasteiger partial charge in [0.15, 0.2) is 0 Å². The molecule has 1 N–H and O–H groups in total. The second-order valence-corrected chi connectivity index (χ2v) is 5.41. The molecule has 2 rings (SSSR count). The zero-order chi connectivity index (χ0) is 13.7. The summed E-state index contributed by atoms with van der Waals surface area (Å²) in [5.41, 5.74) is 1.08. The lowest BCUT2D eigenvalue weighted by molar-refractivity contribution is -0.112. The van der Waals surface area contributed by atoms with Gasteiger partial charge < -0.3 is 14.8 Å². The van der Waals surface area contributed by atoms with E-state index in [1.165, 1.54) is 0 Å².